The van der Waals surface area contributed by atoms with Gasteiger partial charge < -0.3 is 14.8 Å². The van der Waals surface area contributed by atoms with E-state index in [-0.39, 0.29) is 12.2 Å². The first-order valence-corrected chi connectivity index (χ1v) is 5.74. The van der Waals surface area contributed by atoms with Crippen LogP contribution in [0, 0.1) is 5.82 Å². The third-order valence-corrected chi connectivity index (χ3v) is 2.63. The fraction of sp³-hybridized carbons (Fsp3) is 0.0769. The molecule has 20 heavy (non-hydrogen) atoms. The zero-order valence-electron chi connectivity index (χ0n) is 10.2. The minimum atomic E-state index is -2.10. The van der Waals surface area contributed by atoms with Crippen LogP contribution in [0.1, 0.15) is 6.42 Å². The number of benzene rings is 1. The van der Waals surface area contributed by atoms with Gasteiger partial charge in [-0.05, 0) is 24.6 Å². The summed E-state index contributed by atoms with van der Waals surface area (Å²) in [4.78, 5) is 0. The van der Waals surface area contributed by atoms with E-state index in [1.807, 2.05) is 0 Å². The summed E-state index contributed by atoms with van der Waals surface area (Å²) in [5.41, 5.74) is -0.503. The van der Waals surface area contributed by atoms with Gasteiger partial charge >= 0.3 is 7.12 Å². The van der Waals surface area contributed by atoms with Gasteiger partial charge in [0.2, 0.25) is 5.83 Å². The summed E-state index contributed by atoms with van der Waals surface area (Å²) in [6.07, 6.45) is 2.29. The molecule has 0 aromatic heterocycles. The summed E-state index contributed by atoms with van der Waals surface area (Å²) in [5, 5.41) is 17.9. The monoisotopic (exact) mass is 282 g/mol. The third-order valence-electron chi connectivity index (χ3n) is 2.63. The Morgan fingerprint density at radius 2 is 1.85 bits per heavy atom. The molecule has 104 valence electrons. The molecule has 0 saturated carbocycles. The summed E-state index contributed by atoms with van der Waals surface area (Å²) >= 11 is 0. The Morgan fingerprint density at radius 1 is 1.10 bits per heavy atom. The van der Waals surface area contributed by atoms with Crippen molar-refractivity contribution in [3.05, 3.63) is 65.1 Å². The smallest absolute Gasteiger partial charge is 0.454 e. The van der Waals surface area contributed by atoms with Crippen molar-refractivity contribution >= 4 is 7.12 Å². The molecule has 1 aromatic carbocycles. The van der Waals surface area contributed by atoms with E-state index in [1.165, 1.54) is 24.3 Å². The van der Waals surface area contributed by atoms with Crippen LogP contribution in [-0.4, -0.2) is 17.2 Å². The number of ether oxygens (including phenoxy) is 1. The summed E-state index contributed by atoms with van der Waals surface area (Å²) in [5.74, 6) is -3.81. The molecule has 2 N–H and O–H groups in total. The van der Waals surface area contributed by atoms with Crippen LogP contribution in [0.2, 0.25) is 0 Å². The number of halogens is 3. The lowest BCUT2D eigenvalue weighted by molar-refractivity contribution is 0.398. The van der Waals surface area contributed by atoms with E-state index in [2.05, 4.69) is 0 Å². The largest absolute Gasteiger partial charge is 0.487 e. The SMILES string of the molecule is OB(O)C1=C(F)C(F)=C(Oc2cccc(F)c2)C=CC1. The van der Waals surface area contributed by atoms with Gasteiger partial charge in [0.25, 0.3) is 0 Å². The molecule has 1 aliphatic carbocycles. The molecule has 7 heteroatoms. The molecule has 0 heterocycles. The molecule has 0 fully saturated rings. The van der Waals surface area contributed by atoms with Crippen LogP contribution >= 0.6 is 0 Å². The maximum Gasteiger partial charge on any atom is 0.487 e. The number of hydrogen-bond donors (Lipinski definition) is 2. The fourth-order valence-corrected chi connectivity index (χ4v) is 1.66. The van der Waals surface area contributed by atoms with Crippen LogP contribution < -0.4 is 4.74 Å². The van der Waals surface area contributed by atoms with E-state index in [1.54, 1.807) is 0 Å². The Morgan fingerprint density at radius 3 is 2.50 bits per heavy atom. The standard InChI is InChI=1S/C13H10BF3O3/c15-8-3-1-4-9(7-8)20-11-6-2-5-10(14(18)19)12(16)13(11)17/h1-4,6-7,18-19H,5H2. The van der Waals surface area contributed by atoms with Crippen LogP contribution in [0.25, 0.3) is 0 Å². The maximum absolute atomic E-state index is 13.9. The Bertz CT molecular complexity index is 609. The van der Waals surface area contributed by atoms with Crippen LogP contribution in [0.4, 0.5) is 13.2 Å². The summed E-state index contributed by atoms with van der Waals surface area (Å²) in [6, 6.07) is 4.94. The van der Waals surface area contributed by atoms with Crippen LogP contribution in [-0.2, 0) is 0 Å². The molecule has 0 aliphatic heterocycles. The molecule has 1 aromatic rings. The van der Waals surface area contributed by atoms with E-state index < -0.39 is 35.8 Å². The molecule has 3 nitrogen and oxygen atoms in total. The molecule has 0 atom stereocenters. The van der Waals surface area contributed by atoms with Crippen LogP contribution in [0.15, 0.2) is 59.3 Å². The van der Waals surface area contributed by atoms with Gasteiger partial charge in [-0.2, -0.15) is 4.39 Å². The molecule has 0 unspecified atom stereocenters. The molecule has 0 amide bonds. The Balaban J connectivity index is 2.35. The van der Waals surface area contributed by atoms with E-state index in [0.29, 0.717) is 0 Å². The van der Waals surface area contributed by atoms with Crippen molar-refractivity contribution in [2.45, 2.75) is 6.42 Å². The minimum absolute atomic E-state index is 0.000553. The van der Waals surface area contributed by atoms with Gasteiger partial charge in [-0.15, -0.1) is 0 Å². The van der Waals surface area contributed by atoms with Crippen molar-refractivity contribution in [1.82, 2.24) is 0 Å². The first-order valence-electron chi connectivity index (χ1n) is 5.74. The molecule has 0 radical (unpaired) electrons. The quantitative estimate of drug-likeness (QED) is 0.838. The summed E-state index contributed by atoms with van der Waals surface area (Å²) in [6.45, 7) is 0. The predicted octanol–water partition coefficient (Wildman–Crippen LogP) is 2.58. The molecule has 1 aliphatic rings. The van der Waals surface area contributed by atoms with Gasteiger partial charge in [-0.1, -0.05) is 12.1 Å². The first-order chi connectivity index (χ1) is 9.49. The van der Waals surface area contributed by atoms with E-state index >= 15 is 0 Å². The second-order valence-corrected chi connectivity index (χ2v) is 4.06. The number of allylic oxidation sites excluding steroid dienone is 5. The zero-order valence-corrected chi connectivity index (χ0v) is 10.2. The minimum Gasteiger partial charge on any atom is -0.454 e. The highest BCUT2D eigenvalue weighted by Gasteiger charge is 2.26. The lowest BCUT2D eigenvalue weighted by Gasteiger charge is -2.07. The van der Waals surface area contributed by atoms with Crippen LogP contribution in [0.3, 0.4) is 0 Å². The molecule has 0 spiro atoms. The zero-order chi connectivity index (χ0) is 14.7. The van der Waals surface area contributed by atoms with E-state index in [0.717, 1.165) is 12.1 Å². The molecule has 2 rings (SSSR count). The Kier molecular flexibility index (Phi) is 4.31. The lowest BCUT2D eigenvalue weighted by atomic mass is 9.76. The van der Waals surface area contributed by atoms with Crippen molar-refractivity contribution in [3.63, 3.8) is 0 Å². The molecule has 0 saturated heterocycles. The second kappa shape index (κ2) is 5.98. The van der Waals surface area contributed by atoms with Gasteiger partial charge in [-0.25, -0.2) is 8.78 Å². The average Bonchev–Trinajstić information content (AvgIpc) is 2.52. The fourth-order valence-electron chi connectivity index (χ4n) is 1.66. The molecular weight excluding hydrogens is 272 g/mol. The van der Waals surface area contributed by atoms with E-state index in [9.17, 15) is 13.2 Å². The maximum atomic E-state index is 13.9. The van der Waals surface area contributed by atoms with Crippen molar-refractivity contribution < 1.29 is 28.0 Å². The van der Waals surface area contributed by atoms with Gasteiger partial charge in [0, 0.05) is 11.5 Å². The number of rotatable bonds is 3. The topological polar surface area (TPSA) is 49.7 Å². The van der Waals surface area contributed by atoms with Crippen molar-refractivity contribution in [1.29, 1.82) is 0 Å². The highest BCUT2D eigenvalue weighted by atomic mass is 19.2. The lowest BCUT2D eigenvalue weighted by Crippen LogP contribution is -2.16. The average molecular weight is 282 g/mol. The normalized spacial score (nSPS) is 15.4. The van der Waals surface area contributed by atoms with Crippen molar-refractivity contribution in [2.24, 2.45) is 0 Å². The Hall–Kier alpha value is -1.99. The van der Waals surface area contributed by atoms with Gasteiger partial charge in [0.15, 0.2) is 11.6 Å². The van der Waals surface area contributed by atoms with Crippen molar-refractivity contribution in [3.8, 4) is 5.75 Å². The third kappa shape index (κ3) is 3.12. The molecular formula is C13H10BF3O3. The van der Waals surface area contributed by atoms with Crippen LogP contribution in [0.5, 0.6) is 5.75 Å². The van der Waals surface area contributed by atoms with E-state index in [4.69, 9.17) is 14.8 Å². The summed E-state index contributed by atoms with van der Waals surface area (Å²) in [7, 11) is -2.10. The Labute approximate surface area is 113 Å². The van der Waals surface area contributed by atoms with Gasteiger partial charge in [0.1, 0.15) is 11.6 Å². The van der Waals surface area contributed by atoms with Gasteiger partial charge in [-0.3, -0.25) is 0 Å². The summed E-state index contributed by atoms with van der Waals surface area (Å²) < 4.78 is 45.6. The highest BCUT2D eigenvalue weighted by molar-refractivity contribution is 6.51. The predicted molar refractivity (Wildman–Crippen MR) is 67.2 cm³/mol. The first kappa shape index (κ1) is 14.4. The van der Waals surface area contributed by atoms with Crippen molar-refractivity contribution in [2.75, 3.05) is 0 Å². The second-order valence-electron chi connectivity index (χ2n) is 4.06. The van der Waals surface area contributed by atoms with Gasteiger partial charge in [0.05, 0.1) is 0 Å². The number of hydrogen-bond acceptors (Lipinski definition) is 3. The highest BCUT2D eigenvalue weighted by Crippen LogP contribution is 2.29. The molecule has 0 bridgehead atoms.